The molecule has 0 spiro atoms. The number of halogens is 2. The summed E-state index contributed by atoms with van der Waals surface area (Å²) in [5.41, 5.74) is 1.28. The van der Waals surface area contributed by atoms with Crippen LogP contribution in [-0.2, 0) is 9.59 Å². The van der Waals surface area contributed by atoms with E-state index < -0.39 is 5.82 Å². The van der Waals surface area contributed by atoms with E-state index in [0.717, 1.165) is 5.56 Å². The molecule has 0 saturated heterocycles. The maximum atomic E-state index is 13.1. The zero-order valence-electron chi connectivity index (χ0n) is 14.6. The Bertz CT molecular complexity index is 785. The van der Waals surface area contributed by atoms with Gasteiger partial charge in [0.05, 0.1) is 19.1 Å². The molecule has 0 radical (unpaired) electrons. The summed E-state index contributed by atoms with van der Waals surface area (Å²) in [6.45, 7) is 1.93. The number of carbonyl (C=O) groups excluding carboxylic acids is 2. The van der Waals surface area contributed by atoms with E-state index in [2.05, 4.69) is 10.6 Å². The van der Waals surface area contributed by atoms with Crippen molar-refractivity contribution >= 4 is 29.1 Å². The molecule has 26 heavy (non-hydrogen) atoms. The van der Waals surface area contributed by atoms with Gasteiger partial charge in [-0.15, -0.1) is 0 Å². The van der Waals surface area contributed by atoms with Crippen molar-refractivity contribution in [2.45, 2.75) is 13.0 Å². The van der Waals surface area contributed by atoms with Crippen molar-refractivity contribution < 1.29 is 14.0 Å². The highest BCUT2D eigenvalue weighted by molar-refractivity contribution is 6.30. The van der Waals surface area contributed by atoms with Crippen LogP contribution in [0.3, 0.4) is 0 Å². The van der Waals surface area contributed by atoms with Crippen LogP contribution in [0.5, 0.6) is 0 Å². The van der Waals surface area contributed by atoms with E-state index in [1.165, 1.54) is 18.2 Å². The van der Waals surface area contributed by atoms with E-state index >= 15 is 0 Å². The number of hydrogen-bond donors (Lipinski definition) is 2. The van der Waals surface area contributed by atoms with E-state index in [-0.39, 0.29) is 30.9 Å². The Balaban J connectivity index is 1.80. The molecule has 138 valence electrons. The first-order valence-electron chi connectivity index (χ1n) is 8.12. The fourth-order valence-electron chi connectivity index (χ4n) is 2.46. The molecular weight excluding hydrogens is 357 g/mol. The van der Waals surface area contributed by atoms with E-state index in [4.69, 9.17) is 11.6 Å². The van der Waals surface area contributed by atoms with Gasteiger partial charge in [0, 0.05) is 10.7 Å². The van der Waals surface area contributed by atoms with Crippen LogP contribution in [0.15, 0.2) is 48.5 Å². The summed E-state index contributed by atoms with van der Waals surface area (Å²) in [5, 5.41) is 6.06. The Morgan fingerprint density at radius 2 is 1.81 bits per heavy atom. The summed E-state index contributed by atoms with van der Waals surface area (Å²) in [6.07, 6.45) is 0. The van der Waals surface area contributed by atoms with Gasteiger partial charge in [-0.1, -0.05) is 29.8 Å². The maximum absolute atomic E-state index is 13.1. The lowest BCUT2D eigenvalue weighted by Gasteiger charge is -2.19. The van der Waals surface area contributed by atoms with E-state index in [9.17, 15) is 14.0 Å². The largest absolute Gasteiger partial charge is 0.348 e. The lowest BCUT2D eigenvalue weighted by Crippen LogP contribution is -2.39. The van der Waals surface area contributed by atoms with Gasteiger partial charge >= 0.3 is 0 Å². The molecule has 7 heteroatoms. The van der Waals surface area contributed by atoms with Gasteiger partial charge in [0.25, 0.3) is 0 Å². The zero-order chi connectivity index (χ0) is 19.1. The average molecular weight is 378 g/mol. The van der Waals surface area contributed by atoms with Gasteiger partial charge < -0.3 is 10.6 Å². The predicted molar refractivity (Wildman–Crippen MR) is 101 cm³/mol. The van der Waals surface area contributed by atoms with Crippen LogP contribution in [0.2, 0.25) is 5.02 Å². The molecule has 2 rings (SSSR count). The van der Waals surface area contributed by atoms with Gasteiger partial charge in [-0.25, -0.2) is 4.39 Å². The average Bonchev–Trinajstić information content (AvgIpc) is 2.54. The summed E-state index contributed by atoms with van der Waals surface area (Å²) < 4.78 is 13.1. The third-order valence-electron chi connectivity index (χ3n) is 3.66. The molecule has 0 saturated carbocycles. The normalized spacial score (nSPS) is 11.9. The first kappa shape index (κ1) is 19.9. The molecule has 1 atom stereocenters. The zero-order valence-corrected chi connectivity index (χ0v) is 15.4. The molecule has 2 amide bonds. The Kier molecular flexibility index (Phi) is 7.12. The Labute approximate surface area is 157 Å². The second-order valence-electron chi connectivity index (χ2n) is 6.08. The number of nitrogens with one attached hydrogen (secondary N) is 2. The van der Waals surface area contributed by atoms with Crippen molar-refractivity contribution in [1.82, 2.24) is 10.2 Å². The van der Waals surface area contributed by atoms with E-state index in [1.807, 2.05) is 19.1 Å². The lowest BCUT2D eigenvalue weighted by atomic mass is 10.1. The smallest absolute Gasteiger partial charge is 0.238 e. The van der Waals surface area contributed by atoms with Crippen molar-refractivity contribution in [3.05, 3.63) is 64.9 Å². The molecule has 2 N–H and O–H groups in total. The number of amides is 2. The lowest BCUT2D eigenvalue weighted by molar-refractivity contribution is -0.123. The summed E-state index contributed by atoms with van der Waals surface area (Å²) in [7, 11) is 1.66. The number of rotatable bonds is 7. The molecule has 5 nitrogen and oxygen atoms in total. The predicted octanol–water partition coefficient (Wildman–Crippen LogP) is 3.23. The van der Waals surface area contributed by atoms with Crippen LogP contribution in [0, 0.1) is 5.82 Å². The SMILES string of the molecule is C[C@H](NC(=O)CN(C)CC(=O)Nc1cccc(F)c1)c1cccc(Cl)c1. The number of benzene rings is 2. The fourth-order valence-corrected chi connectivity index (χ4v) is 2.66. The second kappa shape index (κ2) is 9.31. The number of likely N-dealkylation sites (N-methyl/N-ethyl adjacent to an activating group) is 1. The third kappa shape index (κ3) is 6.46. The van der Waals surface area contributed by atoms with Crippen LogP contribution < -0.4 is 10.6 Å². The van der Waals surface area contributed by atoms with Gasteiger partial charge in [-0.3, -0.25) is 14.5 Å². The molecule has 0 heterocycles. The van der Waals surface area contributed by atoms with Gasteiger partial charge in [0.2, 0.25) is 11.8 Å². The summed E-state index contributed by atoms with van der Waals surface area (Å²) in [4.78, 5) is 25.7. The van der Waals surface area contributed by atoms with Gasteiger partial charge in [0.1, 0.15) is 5.82 Å². The number of nitrogens with zero attached hydrogens (tertiary/aromatic N) is 1. The van der Waals surface area contributed by atoms with Crippen LogP contribution in [0.1, 0.15) is 18.5 Å². The molecule has 0 aliphatic carbocycles. The summed E-state index contributed by atoms with van der Waals surface area (Å²) >= 11 is 5.95. The first-order valence-corrected chi connectivity index (χ1v) is 8.50. The highest BCUT2D eigenvalue weighted by Crippen LogP contribution is 2.17. The molecule has 2 aromatic carbocycles. The van der Waals surface area contributed by atoms with Gasteiger partial charge in [0.15, 0.2) is 0 Å². The highest BCUT2D eigenvalue weighted by atomic mass is 35.5. The summed E-state index contributed by atoms with van der Waals surface area (Å²) in [5.74, 6) is -0.960. The van der Waals surface area contributed by atoms with Crippen molar-refractivity contribution in [3.63, 3.8) is 0 Å². The standard InChI is InChI=1S/C19H21ClFN3O2/c1-13(14-5-3-6-15(20)9-14)22-18(25)11-24(2)12-19(26)23-17-8-4-7-16(21)10-17/h3-10,13H,11-12H2,1-2H3,(H,22,25)(H,23,26)/t13-/m0/s1. The molecule has 0 aliphatic rings. The minimum Gasteiger partial charge on any atom is -0.348 e. The molecule has 0 fully saturated rings. The highest BCUT2D eigenvalue weighted by Gasteiger charge is 2.14. The number of hydrogen-bond acceptors (Lipinski definition) is 3. The van der Waals surface area contributed by atoms with Crippen molar-refractivity contribution in [1.29, 1.82) is 0 Å². The second-order valence-corrected chi connectivity index (χ2v) is 6.51. The van der Waals surface area contributed by atoms with Crippen LogP contribution in [-0.4, -0.2) is 36.9 Å². The minimum atomic E-state index is -0.425. The Morgan fingerprint density at radius 1 is 1.12 bits per heavy atom. The Morgan fingerprint density at radius 3 is 2.50 bits per heavy atom. The topological polar surface area (TPSA) is 61.4 Å². The van der Waals surface area contributed by atoms with Crippen LogP contribution in [0.25, 0.3) is 0 Å². The monoisotopic (exact) mass is 377 g/mol. The summed E-state index contributed by atoms with van der Waals surface area (Å²) in [6, 6.07) is 12.7. The van der Waals surface area contributed by atoms with E-state index in [0.29, 0.717) is 10.7 Å². The third-order valence-corrected chi connectivity index (χ3v) is 3.90. The quantitative estimate of drug-likeness (QED) is 0.778. The molecule has 2 aromatic rings. The molecule has 0 bridgehead atoms. The molecular formula is C19H21ClFN3O2. The fraction of sp³-hybridized carbons (Fsp3) is 0.263. The maximum Gasteiger partial charge on any atom is 0.238 e. The van der Waals surface area contributed by atoms with Crippen molar-refractivity contribution in [2.75, 3.05) is 25.5 Å². The number of carbonyl (C=O) groups is 2. The molecule has 0 aromatic heterocycles. The van der Waals surface area contributed by atoms with Crippen molar-refractivity contribution in [2.24, 2.45) is 0 Å². The van der Waals surface area contributed by atoms with Gasteiger partial charge in [-0.05, 0) is 49.9 Å². The van der Waals surface area contributed by atoms with Crippen LogP contribution >= 0.6 is 11.6 Å². The van der Waals surface area contributed by atoms with Crippen LogP contribution in [0.4, 0.5) is 10.1 Å². The molecule has 0 unspecified atom stereocenters. The first-order chi connectivity index (χ1) is 12.3. The van der Waals surface area contributed by atoms with Gasteiger partial charge in [-0.2, -0.15) is 0 Å². The molecule has 0 aliphatic heterocycles. The van der Waals surface area contributed by atoms with Crippen molar-refractivity contribution in [3.8, 4) is 0 Å². The Hall–Kier alpha value is -2.44. The number of anilines is 1. The van der Waals surface area contributed by atoms with E-state index in [1.54, 1.807) is 30.1 Å². The minimum absolute atomic E-state index is 0.00940.